The Balaban J connectivity index is 2.86. The number of rotatable bonds is 4. The first-order valence-corrected chi connectivity index (χ1v) is 4.50. The number of anilines is 1. The highest BCUT2D eigenvalue weighted by Gasteiger charge is 2.25. The lowest BCUT2D eigenvalue weighted by atomic mass is 9.93. The highest BCUT2D eigenvalue weighted by Crippen LogP contribution is 2.27. The van der Waals surface area contributed by atoms with Crippen molar-refractivity contribution < 1.29 is 9.84 Å². The number of ether oxygens (including phenoxy) is 1. The molecule has 0 fully saturated rings. The van der Waals surface area contributed by atoms with Gasteiger partial charge in [-0.05, 0) is 13.0 Å². The number of aromatic nitrogens is 1. The van der Waals surface area contributed by atoms with E-state index < -0.39 is 5.60 Å². The number of hydrogen-bond acceptors (Lipinski definition) is 4. The molecular weight excluding hydrogens is 180 g/mol. The van der Waals surface area contributed by atoms with E-state index in [9.17, 15) is 5.11 Å². The average molecular weight is 196 g/mol. The van der Waals surface area contributed by atoms with Crippen LogP contribution in [-0.4, -0.2) is 23.8 Å². The Bertz CT molecular complexity index is 300. The molecule has 0 spiro atoms. The Morgan fingerprint density at radius 3 is 2.93 bits per heavy atom. The minimum absolute atomic E-state index is 0.369. The fourth-order valence-corrected chi connectivity index (χ4v) is 1.31. The van der Waals surface area contributed by atoms with E-state index in [1.54, 1.807) is 32.4 Å². The largest absolute Gasteiger partial charge is 0.385 e. The third kappa shape index (κ3) is 2.43. The lowest BCUT2D eigenvalue weighted by Crippen LogP contribution is -2.24. The van der Waals surface area contributed by atoms with Crippen LogP contribution >= 0.6 is 0 Å². The van der Waals surface area contributed by atoms with Gasteiger partial charge in [-0.15, -0.1) is 0 Å². The van der Waals surface area contributed by atoms with Crippen molar-refractivity contribution in [3.05, 3.63) is 23.9 Å². The zero-order chi connectivity index (χ0) is 10.6. The molecule has 3 N–H and O–H groups in total. The zero-order valence-electron chi connectivity index (χ0n) is 8.53. The van der Waals surface area contributed by atoms with Crippen LogP contribution in [0.1, 0.15) is 18.9 Å². The van der Waals surface area contributed by atoms with Crippen LogP contribution in [0.25, 0.3) is 0 Å². The van der Waals surface area contributed by atoms with Crippen molar-refractivity contribution >= 4 is 5.82 Å². The third-order valence-electron chi connectivity index (χ3n) is 2.21. The Morgan fingerprint density at radius 1 is 1.64 bits per heavy atom. The summed E-state index contributed by atoms with van der Waals surface area (Å²) < 4.78 is 4.92. The van der Waals surface area contributed by atoms with Crippen LogP contribution in [-0.2, 0) is 10.3 Å². The predicted octanol–water partition coefficient (Wildman–Crippen LogP) is 0.908. The topological polar surface area (TPSA) is 68.4 Å². The number of nitrogen functional groups attached to an aromatic ring is 1. The third-order valence-corrected chi connectivity index (χ3v) is 2.21. The maximum atomic E-state index is 10.1. The summed E-state index contributed by atoms with van der Waals surface area (Å²) in [5, 5.41) is 10.1. The molecule has 1 rings (SSSR count). The van der Waals surface area contributed by atoms with E-state index in [2.05, 4.69) is 4.98 Å². The second-order valence-electron chi connectivity index (χ2n) is 3.45. The Morgan fingerprint density at radius 2 is 2.36 bits per heavy atom. The SMILES string of the molecule is COCCC(C)(O)c1cccnc1N. The molecule has 4 nitrogen and oxygen atoms in total. The van der Waals surface area contributed by atoms with Crippen LogP contribution in [0, 0.1) is 0 Å². The van der Waals surface area contributed by atoms with Gasteiger partial charge < -0.3 is 15.6 Å². The second-order valence-corrected chi connectivity index (χ2v) is 3.45. The van der Waals surface area contributed by atoms with Crippen molar-refractivity contribution in [2.45, 2.75) is 18.9 Å². The summed E-state index contributed by atoms with van der Waals surface area (Å²) >= 11 is 0. The fraction of sp³-hybridized carbons (Fsp3) is 0.500. The van der Waals surface area contributed by atoms with Gasteiger partial charge in [-0.2, -0.15) is 0 Å². The second kappa shape index (κ2) is 4.39. The van der Waals surface area contributed by atoms with E-state index in [0.717, 1.165) is 0 Å². The molecule has 0 aromatic carbocycles. The van der Waals surface area contributed by atoms with E-state index in [1.807, 2.05) is 0 Å². The van der Waals surface area contributed by atoms with Crippen LogP contribution in [0.3, 0.4) is 0 Å². The summed E-state index contributed by atoms with van der Waals surface area (Å²) in [5.41, 5.74) is 5.34. The van der Waals surface area contributed by atoms with Gasteiger partial charge in [0, 0.05) is 31.9 Å². The van der Waals surface area contributed by atoms with Crippen molar-refractivity contribution in [2.75, 3.05) is 19.5 Å². The van der Waals surface area contributed by atoms with Crippen molar-refractivity contribution in [3.8, 4) is 0 Å². The molecule has 0 bridgehead atoms. The Labute approximate surface area is 83.7 Å². The number of pyridine rings is 1. The highest BCUT2D eigenvalue weighted by molar-refractivity contribution is 5.42. The summed E-state index contributed by atoms with van der Waals surface area (Å²) in [4.78, 5) is 3.93. The Hall–Kier alpha value is -1.13. The van der Waals surface area contributed by atoms with Crippen LogP contribution in [0.5, 0.6) is 0 Å². The van der Waals surface area contributed by atoms with Gasteiger partial charge in [-0.3, -0.25) is 0 Å². The van der Waals surface area contributed by atoms with Gasteiger partial charge in [-0.1, -0.05) is 6.07 Å². The van der Waals surface area contributed by atoms with E-state index >= 15 is 0 Å². The van der Waals surface area contributed by atoms with Crippen molar-refractivity contribution in [1.29, 1.82) is 0 Å². The maximum absolute atomic E-state index is 10.1. The first-order valence-electron chi connectivity index (χ1n) is 4.50. The zero-order valence-corrected chi connectivity index (χ0v) is 8.53. The summed E-state index contributed by atoms with van der Waals surface area (Å²) in [7, 11) is 1.60. The molecule has 0 amide bonds. The van der Waals surface area contributed by atoms with Crippen molar-refractivity contribution in [1.82, 2.24) is 4.98 Å². The molecule has 1 unspecified atom stereocenters. The fourth-order valence-electron chi connectivity index (χ4n) is 1.31. The number of hydrogen-bond donors (Lipinski definition) is 2. The van der Waals surface area contributed by atoms with E-state index in [4.69, 9.17) is 10.5 Å². The average Bonchev–Trinajstić information content (AvgIpc) is 2.15. The summed E-state index contributed by atoms with van der Waals surface area (Å²) in [5.74, 6) is 0.369. The molecule has 4 heteroatoms. The van der Waals surface area contributed by atoms with Gasteiger partial charge >= 0.3 is 0 Å². The summed E-state index contributed by atoms with van der Waals surface area (Å²) in [6.45, 7) is 2.20. The molecule has 78 valence electrons. The molecule has 0 aliphatic carbocycles. The standard InChI is InChI=1S/C10H16N2O2/c1-10(13,5-7-14-2)8-4-3-6-12-9(8)11/h3-4,6,13H,5,7H2,1-2H3,(H2,11,12). The molecule has 0 saturated heterocycles. The van der Waals surface area contributed by atoms with E-state index in [1.165, 1.54) is 0 Å². The first-order chi connectivity index (χ1) is 6.58. The van der Waals surface area contributed by atoms with Crippen molar-refractivity contribution in [2.24, 2.45) is 0 Å². The molecule has 0 aliphatic rings. The maximum Gasteiger partial charge on any atom is 0.129 e. The normalized spacial score (nSPS) is 15.1. The predicted molar refractivity (Wildman–Crippen MR) is 54.7 cm³/mol. The number of nitrogens with zero attached hydrogens (tertiary/aromatic N) is 1. The molecule has 0 saturated carbocycles. The summed E-state index contributed by atoms with van der Waals surface area (Å²) in [6, 6.07) is 3.53. The lowest BCUT2D eigenvalue weighted by molar-refractivity contribution is 0.0215. The molecular formula is C10H16N2O2. The smallest absolute Gasteiger partial charge is 0.129 e. The van der Waals surface area contributed by atoms with Crippen LogP contribution in [0.15, 0.2) is 18.3 Å². The Kier molecular flexibility index (Phi) is 3.43. The minimum Gasteiger partial charge on any atom is -0.385 e. The van der Waals surface area contributed by atoms with E-state index in [-0.39, 0.29) is 0 Å². The molecule has 14 heavy (non-hydrogen) atoms. The highest BCUT2D eigenvalue weighted by atomic mass is 16.5. The summed E-state index contributed by atoms with van der Waals surface area (Å²) in [6.07, 6.45) is 2.10. The molecule has 1 heterocycles. The van der Waals surface area contributed by atoms with Gasteiger partial charge in [0.25, 0.3) is 0 Å². The molecule has 1 aromatic heterocycles. The van der Waals surface area contributed by atoms with E-state index in [0.29, 0.717) is 24.4 Å². The minimum atomic E-state index is -0.978. The van der Waals surface area contributed by atoms with Gasteiger partial charge in [0.2, 0.25) is 0 Å². The molecule has 1 atom stereocenters. The first kappa shape index (κ1) is 10.9. The number of aliphatic hydroxyl groups is 1. The monoisotopic (exact) mass is 196 g/mol. The van der Waals surface area contributed by atoms with Crippen LogP contribution < -0.4 is 5.73 Å². The van der Waals surface area contributed by atoms with Gasteiger partial charge in [-0.25, -0.2) is 4.98 Å². The van der Waals surface area contributed by atoms with Crippen LogP contribution in [0.4, 0.5) is 5.82 Å². The van der Waals surface area contributed by atoms with Gasteiger partial charge in [0.1, 0.15) is 5.82 Å². The molecule has 0 radical (unpaired) electrons. The van der Waals surface area contributed by atoms with Gasteiger partial charge in [0.05, 0.1) is 5.60 Å². The lowest BCUT2D eigenvalue weighted by Gasteiger charge is -2.24. The quantitative estimate of drug-likeness (QED) is 0.751. The molecule has 1 aromatic rings. The van der Waals surface area contributed by atoms with Crippen LogP contribution in [0.2, 0.25) is 0 Å². The number of nitrogens with two attached hydrogens (primary N) is 1. The van der Waals surface area contributed by atoms with Crippen molar-refractivity contribution in [3.63, 3.8) is 0 Å². The number of methoxy groups -OCH3 is 1. The van der Waals surface area contributed by atoms with Gasteiger partial charge in [0.15, 0.2) is 0 Å². The molecule has 0 aliphatic heterocycles.